The van der Waals surface area contributed by atoms with Crippen molar-refractivity contribution in [2.24, 2.45) is 0 Å². The molecule has 0 aromatic heterocycles. The molecule has 9 heteroatoms. The van der Waals surface area contributed by atoms with Crippen LogP contribution in [0.1, 0.15) is 284 Å². The second-order valence-electron chi connectivity index (χ2n) is 21.7. The van der Waals surface area contributed by atoms with Gasteiger partial charge in [0.25, 0.3) is 7.82 Å². The Kier molecular flexibility index (Phi) is 51.2. The van der Waals surface area contributed by atoms with Crippen LogP contribution in [0.15, 0.2) is 48.6 Å². The van der Waals surface area contributed by atoms with Gasteiger partial charge in [0.1, 0.15) is 13.2 Å². The van der Waals surface area contributed by atoms with Crippen LogP contribution in [0.5, 0.6) is 0 Å². The van der Waals surface area contributed by atoms with Crippen LogP contribution in [0.3, 0.4) is 0 Å². The van der Waals surface area contributed by atoms with Gasteiger partial charge < -0.3 is 28.8 Å². The highest BCUT2D eigenvalue weighted by molar-refractivity contribution is 7.45. The van der Waals surface area contributed by atoms with E-state index in [1.165, 1.54) is 212 Å². The molecule has 0 fully saturated rings. The summed E-state index contributed by atoms with van der Waals surface area (Å²) in [6.45, 7) is 4.67. The number of nitrogens with zero attached hydrogens (tertiary/aromatic N) is 1. The van der Waals surface area contributed by atoms with Crippen LogP contribution < -0.4 is 10.2 Å². The van der Waals surface area contributed by atoms with Crippen molar-refractivity contribution in [2.45, 2.75) is 296 Å². The number of carbonyl (C=O) groups excluding carboxylic acids is 1. The van der Waals surface area contributed by atoms with Crippen molar-refractivity contribution in [3.05, 3.63) is 48.6 Å². The van der Waals surface area contributed by atoms with Crippen LogP contribution in [0.2, 0.25) is 0 Å². The van der Waals surface area contributed by atoms with Crippen LogP contribution in [0, 0.1) is 0 Å². The number of allylic oxidation sites excluding steroid dienone is 7. The Hall–Kier alpha value is -1.54. The van der Waals surface area contributed by atoms with Crippen molar-refractivity contribution in [2.75, 3.05) is 40.9 Å². The predicted molar refractivity (Wildman–Crippen MR) is 302 cm³/mol. The van der Waals surface area contributed by atoms with E-state index in [1.807, 2.05) is 27.2 Å². The summed E-state index contributed by atoms with van der Waals surface area (Å²) in [5.74, 6) is -0.199. The number of phosphoric ester groups is 1. The van der Waals surface area contributed by atoms with Crippen LogP contribution in [-0.4, -0.2) is 68.5 Å². The fourth-order valence-electron chi connectivity index (χ4n) is 8.81. The van der Waals surface area contributed by atoms with E-state index in [2.05, 4.69) is 55.6 Å². The molecule has 70 heavy (non-hydrogen) atoms. The Labute approximate surface area is 435 Å². The molecule has 0 heterocycles. The lowest BCUT2D eigenvalue weighted by molar-refractivity contribution is -0.870. The molecular formula is C61H117N2O6P. The molecule has 412 valence electrons. The third kappa shape index (κ3) is 54.2. The number of hydrogen-bond acceptors (Lipinski definition) is 6. The first-order valence-electron chi connectivity index (χ1n) is 30.0. The van der Waals surface area contributed by atoms with Gasteiger partial charge in [-0.3, -0.25) is 9.36 Å². The summed E-state index contributed by atoms with van der Waals surface area (Å²) < 4.78 is 23.4. The Morgan fingerprint density at radius 1 is 0.500 bits per heavy atom. The van der Waals surface area contributed by atoms with E-state index in [4.69, 9.17) is 9.05 Å². The fraction of sp³-hybridized carbons (Fsp3) is 0.852. The average Bonchev–Trinajstić information content (AvgIpc) is 3.32. The maximum Gasteiger partial charge on any atom is 0.268 e. The van der Waals surface area contributed by atoms with Gasteiger partial charge in [0.05, 0.1) is 39.9 Å². The summed E-state index contributed by atoms with van der Waals surface area (Å²) in [6.07, 6.45) is 69.0. The van der Waals surface area contributed by atoms with Gasteiger partial charge in [-0.2, -0.15) is 0 Å². The molecule has 0 aliphatic carbocycles. The van der Waals surface area contributed by atoms with Crippen molar-refractivity contribution < 1.29 is 32.9 Å². The van der Waals surface area contributed by atoms with E-state index in [0.717, 1.165) is 51.4 Å². The maximum atomic E-state index is 13.0. The standard InChI is InChI=1S/C61H117N2O6P/c1-6-8-10-12-14-16-18-20-22-24-26-28-30-31-33-35-37-39-41-43-45-47-49-51-53-55-61(65)62-59(58-69-70(66,67)68-57-56-63(3,4)5)60(64)54-52-50-48-46-44-42-40-38-36-34-32-29-27-25-23-21-19-17-15-13-11-9-7-2/h18,20,24,26,30-31,52,54,59-60,64H,6-17,19,21-23,25,27-29,32-51,53,55-58H2,1-5H3,(H-,62,65,66,67)/b20-18-,26-24-,31-30-,54-52+. The highest BCUT2D eigenvalue weighted by Gasteiger charge is 2.23. The van der Waals surface area contributed by atoms with Crippen LogP contribution in [0.25, 0.3) is 0 Å². The first-order chi connectivity index (χ1) is 34.0. The Morgan fingerprint density at radius 2 is 0.829 bits per heavy atom. The Balaban J connectivity index is 4.21. The molecule has 3 unspecified atom stereocenters. The number of aliphatic hydroxyl groups is 1. The normalized spacial score (nSPS) is 14.2. The number of rotatable bonds is 55. The summed E-state index contributed by atoms with van der Waals surface area (Å²) in [5.41, 5.74) is 0. The number of hydrogen-bond donors (Lipinski definition) is 2. The van der Waals surface area contributed by atoms with Gasteiger partial charge in [0.15, 0.2) is 0 Å². The largest absolute Gasteiger partial charge is 0.756 e. The summed E-state index contributed by atoms with van der Waals surface area (Å²) in [5, 5.41) is 13.9. The zero-order valence-corrected chi connectivity index (χ0v) is 47.9. The van der Waals surface area contributed by atoms with Gasteiger partial charge in [-0.15, -0.1) is 0 Å². The third-order valence-electron chi connectivity index (χ3n) is 13.5. The lowest BCUT2D eigenvalue weighted by atomic mass is 10.0. The van der Waals surface area contributed by atoms with Crippen molar-refractivity contribution in [3.63, 3.8) is 0 Å². The zero-order chi connectivity index (χ0) is 51.3. The van der Waals surface area contributed by atoms with E-state index in [9.17, 15) is 19.4 Å². The van der Waals surface area contributed by atoms with Crippen molar-refractivity contribution >= 4 is 13.7 Å². The van der Waals surface area contributed by atoms with Gasteiger partial charge in [0.2, 0.25) is 5.91 Å². The molecule has 0 aromatic rings. The molecule has 0 saturated carbocycles. The topological polar surface area (TPSA) is 108 Å². The van der Waals surface area contributed by atoms with E-state index in [0.29, 0.717) is 17.4 Å². The Bertz CT molecular complexity index is 1280. The van der Waals surface area contributed by atoms with Gasteiger partial charge in [-0.1, -0.05) is 268 Å². The molecule has 8 nitrogen and oxygen atoms in total. The third-order valence-corrected chi connectivity index (χ3v) is 14.5. The number of nitrogens with one attached hydrogen (secondary N) is 1. The summed E-state index contributed by atoms with van der Waals surface area (Å²) in [6, 6.07) is -0.891. The predicted octanol–water partition coefficient (Wildman–Crippen LogP) is 17.7. The maximum absolute atomic E-state index is 13.0. The summed E-state index contributed by atoms with van der Waals surface area (Å²) in [4.78, 5) is 25.5. The molecule has 0 rings (SSSR count). The van der Waals surface area contributed by atoms with Crippen molar-refractivity contribution in [1.29, 1.82) is 0 Å². The average molecular weight is 1010 g/mol. The molecular weight excluding hydrogens is 888 g/mol. The molecule has 0 bridgehead atoms. The van der Waals surface area contributed by atoms with E-state index >= 15 is 0 Å². The molecule has 0 aliphatic rings. The fourth-order valence-corrected chi connectivity index (χ4v) is 9.53. The molecule has 2 N–H and O–H groups in total. The van der Waals surface area contributed by atoms with Gasteiger partial charge >= 0.3 is 0 Å². The summed E-state index contributed by atoms with van der Waals surface area (Å²) >= 11 is 0. The molecule has 0 aromatic carbocycles. The number of phosphoric acid groups is 1. The first-order valence-corrected chi connectivity index (χ1v) is 31.5. The van der Waals surface area contributed by atoms with Crippen LogP contribution in [0.4, 0.5) is 0 Å². The first kappa shape index (κ1) is 68.5. The number of quaternary nitrogens is 1. The molecule has 0 radical (unpaired) electrons. The van der Waals surface area contributed by atoms with Crippen molar-refractivity contribution in [1.82, 2.24) is 5.32 Å². The second-order valence-corrected chi connectivity index (χ2v) is 23.1. The Morgan fingerprint density at radius 3 is 1.20 bits per heavy atom. The van der Waals surface area contributed by atoms with Gasteiger partial charge in [-0.05, 0) is 57.8 Å². The van der Waals surface area contributed by atoms with Gasteiger partial charge in [0, 0.05) is 6.42 Å². The second kappa shape index (κ2) is 52.3. The minimum atomic E-state index is -4.60. The number of likely N-dealkylation sites (N-methyl/N-ethyl adjacent to an activating group) is 1. The van der Waals surface area contributed by atoms with Gasteiger partial charge in [-0.25, -0.2) is 0 Å². The lowest BCUT2D eigenvalue weighted by Crippen LogP contribution is -2.45. The molecule has 0 saturated heterocycles. The van der Waals surface area contributed by atoms with E-state index in [-0.39, 0.29) is 19.1 Å². The monoisotopic (exact) mass is 1000 g/mol. The summed E-state index contributed by atoms with van der Waals surface area (Å²) in [7, 11) is 1.26. The highest BCUT2D eigenvalue weighted by atomic mass is 31.2. The van der Waals surface area contributed by atoms with Crippen LogP contribution >= 0.6 is 7.82 Å². The lowest BCUT2D eigenvalue weighted by Gasteiger charge is -2.29. The van der Waals surface area contributed by atoms with E-state index < -0.39 is 20.0 Å². The SMILES string of the molecule is CCCCCCC/C=C\C/C=C\C/C=C\CCCCCCCCCCCCC(=O)NC(COP(=O)([O-])OCC[N+](C)(C)C)C(O)/C=C/CCCCCCCCCCCCCCCCCCCCCCC. The van der Waals surface area contributed by atoms with Crippen LogP contribution in [-0.2, 0) is 18.4 Å². The molecule has 3 atom stereocenters. The highest BCUT2D eigenvalue weighted by Crippen LogP contribution is 2.38. The quantitative estimate of drug-likeness (QED) is 0.0272. The molecule has 0 spiro atoms. The molecule has 0 aliphatic heterocycles. The zero-order valence-electron chi connectivity index (χ0n) is 47.0. The number of amides is 1. The van der Waals surface area contributed by atoms with Crippen molar-refractivity contribution in [3.8, 4) is 0 Å². The minimum absolute atomic E-state index is 0.00232. The number of aliphatic hydroxyl groups excluding tert-OH is 1. The smallest absolute Gasteiger partial charge is 0.268 e. The number of carbonyl (C=O) groups is 1. The molecule has 1 amide bonds. The number of unbranched alkanes of at least 4 members (excludes halogenated alkanes) is 36. The minimum Gasteiger partial charge on any atom is -0.756 e. The van der Waals surface area contributed by atoms with E-state index in [1.54, 1.807) is 6.08 Å².